The third-order valence-corrected chi connectivity index (χ3v) is 4.55. The molecule has 0 aromatic carbocycles. The molecule has 6 nitrogen and oxygen atoms in total. The monoisotopic (exact) mass is 304 g/mol. The van der Waals surface area contributed by atoms with Crippen molar-refractivity contribution in [2.45, 2.75) is 12.8 Å². The molecule has 110 valence electrons. The second kappa shape index (κ2) is 5.69. The number of thiophene rings is 1. The number of amides is 2. The Hall–Kier alpha value is -2.15. The maximum atomic E-state index is 12.1. The Bertz CT molecular complexity index is 693. The Kier molecular flexibility index (Phi) is 3.74. The van der Waals surface area contributed by atoms with E-state index < -0.39 is 0 Å². The number of aromatic nitrogens is 1. The fourth-order valence-electron chi connectivity index (χ4n) is 2.07. The highest BCUT2D eigenvalue weighted by Gasteiger charge is 2.29. The highest BCUT2D eigenvalue weighted by atomic mass is 32.1. The fraction of sp³-hybridized carbons (Fsp3) is 0.357. The van der Waals surface area contributed by atoms with Crippen LogP contribution in [-0.4, -0.2) is 29.9 Å². The van der Waals surface area contributed by atoms with Crippen LogP contribution in [0.25, 0.3) is 10.1 Å². The molecule has 1 aliphatic carbocycles. The zero-order valence-electron chi connectivity index (χ0n) is 11.4. The zero-order chi connectivity index (χ0) is 14.8. The molecule has 21 heavy (non-hydrogen) atoms. The van der Waals surface area contributed by atoms with Gasteiger partial charge in [-0.1, -0.05) is 0 Å². The molecule has 0 unspecified atom stereocenters. The van der Waals surface area contributed by atoms with E-state index in [0.717, 1.165) is 22.9 Å². The number of hydrogen-bond donors (Lipinski definition) is 3. The van der Waals surface area contributed by atoms with Crippen molar-refractivity contribution in [2.24, 2.45) is 5.92 Å². The highest BCUT2D eigenvalue weighted by Crippen LogP contribution is 2.32. The van der Waals surface area contributed by atoms with Crippen LogP contribution >= 0.6 is 11.3 Å². The van der Waals surface area contributed by atoms with Crippen LogP contribution < -0.4 is 16.4 Å². The van der Waals surface area contributed by atoms with Gasteiger partial charge in [-0.3, -0.25) is 14.6 Å². The van der Waals surface area contributed by atoms with Crippen LogP contribution in [0, 0.1) is 5.92 Å². The third kappa shape index (κ3) is 2.97. The summed E-state index contributed by atoms with van der Waals surface area (Å²) < 4.78 is 0.891. The zero-order valence-corrected chi connectivity index (χ0v) is 12.2. The van der Waals surface area contributed by atoms with Crippen LogP contribution in [-0.2, 0) is 4.79 Å². The summed E-state index contributed by atoms with van der Waals surface area (Å²) in [5.74, 6) is 0.0533. The Labute approximate surface area is 125 Å². The number of nitrogen functional groups attached to an aromatic ring is 1. The first-order valence-corrected chi connectivity index (χ1v) is 7.66. The Morgan fingerprint density at radius 2 is 2.10 bits per heavy atom. The molecule has 1 aliphatic rings. The lowest BCUT2D eigenvalue weighted by molar-refractivity contribution is -0.122. The van der Waals surface area contributed by atoms with Crippen LogP contribution in [0.5, 0.6) is 0 Å². The molecule has 2 aromatic rings. The Balaban J connectivity index is 1.56. The number of carbonyl (C=O) groups excluding carboxylic acids is 2. The first kappa shape index (κ1) is 13.8. The van der Waals surface area contributed by atoms with E-state index in [-0.39, 0.29) is 17.7 Å². The number of pyridine rings is 1. The van der Waals surface area contributed by atoms with E-state index in [4.69, 9.17) is 5.73 Å². The van der Waals surface area contributed by atoms with Crippen molar-refractivity contribution >= 4 is 38.9 Å². The van der Waals surface area contributed by atoms with Gasteiger partial charge in [-0.05, 0) is 18.9 Å². The molecule has 0 saturated heterocycles. The molecular weight excluding hydrogens is 288 g/mol. The van der Waals surface area contributed by atoms with Crippen molar-refractivity contribution < 1.29 is 9.59 Å². The lowest BCUT2D eigenvalue weighted by Crippen LogP contribution is -2.35. The quantitative estimate of drug-likeness (QED) is 0.721. The van der Waals surface area contributed by atoms with Crippen molar-refractivity contribution in [3.05, 3.63) is 23.3 Å². The predicted molar refractivity (Wildman–Crippen MR) is 82.1 cm³/mol. The van der Waals surface area contributed by atoms with Crippen molar-refractivity contribution in [1.29, 1.82) is 0 Å². The number of hydrogen-bond acceptors (Lipinski definition) is 5. The second-order valence-corrected chi connectivity index (χ2v) is 6.09. The van der Waals surface area contributed by atoms with Gasteiger partial charge in [0.05, 0.1) is 10.4 Å². The van der Waals surface area contributed by atoms with E-state index >= 15 is 0 Å². The van der Waals surface area contributed by atoms with Crippen molar-refractivity contribution in [3.8, 4) is 0 Å². The van der Waals surface area contributed by atoms with E-state index in [1.165, 1.54) is 11.3 Å². The Morgan fingerprint density at radius 3 is 2.81 bits per heavy atom. The van der Waals surface area contributed by atoms with Crippen LogP contribution in [0.2, 0.25) is 0 Å². The summed E-state index contributed by atoms with van der Waals surface area (Å²) in [7, 11) is 0. The van der Waals surface area contributed by atoms with Crippen LogP contribution in [0.4, 0.5) is 5.69 Å². The maximum absolute atomic E-state index is 12.1. The number of nitrogens with zero attached hydrogens (tertiary/aromatic N) is 1. The molecular formula is C14H16N4O2S. The van der Waals surface area contributed by atoms with Gasteiger partial charge < -0.3 is 16.4 Å². The van der Waals surface area contributed by atoms with Gasteiger partial charge in [0, 0.05) is 36.8 Å². The summed E-state index contributed by atoms with van der Waals surface area (Å²) >= 11 is 1.32. The summed E-state index contributed by atoms with van der Waals surface area (Å²) in [6.07, 6.45) is 5.30. The van der Waals surface area contributed by atoms with Gasteiger partial charge >= 0.3 is 0 Å². The number of fused-ring (bicyclic) bond motifs is 1. The van der Waals surface area contributed by atoms with Crippen molar-refractivity contribution in [3.63, 3.8) is 0 Å². The molecule has 0 spiro atoms. The van der Waals surface area contributed by atoms with Gasteiger partial charge in [-0.25, -0.2) is 0 Å². The summed E-state index contributed by atoms with van der Waals surface area (Å²) in [5.41, 5.74) is 6.48. The van der Waals surface area contributed by atoms with Gasteiger partial charge in [0.1, 0.15) is 4.88 Å². The van der Waals surface area contributed by atoms with Gasteiger partial charge in [0.15, 0.2) is 0 Å². The number of carbonyl (C=O) groups is 2. The highest BCUT2D eigenvalue weighted by molar-refractivity contribution is 7.21. The van der Waals surface area contributed by atoms with Crippen LogP contribution in [0.3, 0.4) is 0 Å². The number of nitrogens with two attached hydrogens (primary N) is 1. The summed E-state index contributed by atoms with van der Waals surface area (Å²) in [6, 6.07) is 1.80. The minimum atomic E-state index is -0.214. The lowest BCUT2D eigenvalue weighted by Gasteiger charge is -2.06. The first-order valence-electron chi connectivity index (χ1n) is 6.84. The summed E-state index contributed by atoms with van der Waals surface area (Å²) in [5, 5.41) is 6.42. The van der Waals surface area contributed by atoms with E-state index in [0.29, 0.717) is 23.7 Å². The standard InChI is InChI=1S/C14H16N4O2S/c15-11-9-3-4-16-7-10(9)21-12(11)14(20)18-6-5-17-13(19)8-1-2-8/h3-4,7-8H,1-2,5-6,15H2,(H,17,19)(H,18,20). The van der Waals surface area contributed by atoms with Gasteiger partial charge in [-0.2, -0.15) is 0 Å². The first-order chi connectivity index (χ1) is 10.2. The molecule has 0 atom stereocenters. The molecule has 2 heterocycles. The molecule has 0 bridgehead atoms. The molecule has 2 aromatic heterocycles. The Morgan fingerprint density at radius 1 is 1.33 bits per heavy atom. The normalized spacial score (nSPS) is 14.1. The number of nitrogens with one attached hydrogen (secondary N) is 2. The average Bonchev–Trinajstić information content (AvgIpc) is 3.28. The number of rotatable bonds is 5. The number of anilines is 1. The van der Waals surface area contributed by atoms with Crippen molar-refractivity contribution in [1.82, 2.24) is 15.6 Å². The fourth-order valence-corrected chi connectivity index (χ4v) is 3.08. The van der Waals surface area contributed by atoms with Gasteiger partial charge in [0.25, 0.3) is 5.91 Å². The minimum absolute atomic E-state index is 0.0803. The third-order valence-electron chi connectivity index (χ3n) is 3.40. The second-order valence-electron chi connectivity index (χ2n) is 5.04. The molecule has 7 heteroatoms. The lowest BCUT2D eigenvalue weighted by atomic mass is 10.2. The SMILES string of the molecule is Nc1c(C(=O)NCCNC(=O)C2CC2)sc2cnccc12. The van der Waals surface area contributed by atoms with Gasteiger partial charge in [0.2, 0.25) is 5.91 Å². The summed E-state index contributed by atoms with van der Waals surface area (Å²) in [6.45, 7) is 0.830. The molecule has 4 N–H and O–H groups in total. The van der Waals surface area contributed by atoms with E-state index in [9.17, 15) is 9.59 Å². The smallest absolute Gasteiger partial charge is 0.263 e. The van der Waals surface area contributed by atoms with Gasteiger partial charge in [-0.15, -0.1) is 11.3 Å². The topological polar surface area (TPSA) is 97.1 Å². The molecule has 0 radical (unpaired) electrons. The van der Waals surface area contributed by atoms with Crippen LogP contribution in [0.1, 0.15) is 22.5 Å². The average molecular weight is 304 g/mol. The van der Waals surface area contributed by atoms with E-state index in [2.05, 4.69) is 15.6 Å². The minimum Gasteiger partial charge on any atom is -0.397 e. The molecule has 3 rings (SSSR count). The van der Waals surface area contributed by atoms with Crippen molar-refractivity contribution in [2.75, 3.05) is 18.8 Å². The largest absolute Gasteiger partial charge is 0.397 e. The predicted octanol–water partition coefficient (Wildman–Crippen LogP) is 1.13. The van der Waals surface area contributed by atoms with Crippen LogP contribution in [0.15, 0.2) is 18.5 Å². The molecule has 1 saturated carbocycles. The molecule has 2 amide bonds. The maximum Gasteiger partial charge on any atom is 0.263 e. The van der Waals surface area contributed by atoms with E-state index in [1.54, 1.807) is 18.5 Å². The summed E-state index contributed by atoms with van der Waals surface area (Å²) in [4.78, 5) is 28.1. The van der Waals surface area contributed by atoms with E-state index in [1.807, 2.05) is 0 Å². The molecule has 0 aliphatic heterocycles. The molecule has 1 fully saturated rings.